The molecule has 0 radical (unpaired) electrons. The van der Waals surface area contributed by atoms with E-state index in [0.717, 1.165) is 11.2 Å². The molecule has 116 valence electrons. The fourth-order valence-corrected chi connectivity index (χ4v) is 5.43. The molecule has 0 aliphatic heterocycles. The Balaban J connectivity index is 2.76. The monoisotopic (exact) mass is 308 g/mol. The highest BCUT2D eigenvalue weighted by Crippen LogP contribution is 2.17. The van der Waals surface area contributed by atoms with E-state index in [9.17, 15) is 4.79 Å². The molecule has 21 heavy (non-hydrogen) atoms. The fourth-order valence-electron chi connectivity index (χ4n) is 2.19. The van der Waals surface area contributed by atoms with Crippen LogP contribution in [0.2, 0.25) is 6.04 Å². The van der Waals surface area contributed by atoms with Gasteiger partial charge in [0.2, 0.25) is 0 Å². The third-order valence-corrected chi connectivity index (χ3v) is 6.76. The van der Waals surface area contributed by atoms with E-state index in [1.54, 1.807) is 0 Å². The minimum Gasteiger partial charge on any atom is -0.463 e. The fraction of sp³-hybridized carbons (Fsp3) is 0.438. The summed E-state index contributed by atoms with van der Waals surface area (Å²) in [5.41, 5.74) is 0. The van der Waals surface area contributed by atoms with Crippen LogP contribution >= 0.6 is 0 Å². The van der Waals surface area contributed by atoms with E-state index in [0.29, 0.717) is 26.2 Å². The summed E-state index contributed by atoms with van der Waals surface area (Å²) in [6.07, 6.45) is 1.88. The Bertz CT molecular complexity index is 427. The average Bonchev–Trinajstić information content (AvgIpc) is 2.52. The van der Waals surface area contributed by atoms with Gasteiger partial charge in [-0.3, -0.25) is 0 Å². The molecule has 1 aromatic carbocycles. The normalized spacial score (nSPS) is 11.1. The van der Waals surface area contributed by atoms with Crippen LogP contribution < -0.4 is 5.19 Å². The molecular weight excluding hydrogens is 284 g/mol. The molecule has 0 aliphatic carbocycles. The Hall–Kier alpha value is -1.43. The number of rotatable bonds is 10. The maximum Gasteiger partial charge on any atom is 0.372 e. The van der Waals surface area contributed by atoms with Gasteiger partial charge in [-0.05, 0) is 31.5 Å². The maximum absolute atomic E-state index is 11.1. The summed E-state index contributed by atoms with van der Waals surface area (Å²) in [6, 6.07) is 10.8. The quantitative estimate of drug-likeness (QED) is 0.288. The molecular formula is C16H24O4Si. The third-order valence-electron chi connectivity index (χ3n) is 3.03. The zero-order valence-corrected chi connectivity index (χ0v) is 13.8. The lowest BCUT2D eigenvalue weighted by Crippen LogP contribution is -2.54. The molecule has 0 N–H and O–H groups in total. The van der Waals surface area contributed by atoms with E-state index in [4.69, 9.17) is 13.6 Å². The van der Waals surface area contributed by atoms with Gasteiger partial charge in [0, 0.05) is 19.3 Å². The van der Waals surface area contributed by atoms with Crippen molar-refractivity contribution in [2.45, 2.75) is 26.3 Å². The van der Waals surface area contributed by atoms with Crippen molar-refractivity contribution in [1.29, 1.82) is 0 Å². The van der Waals surface area contributed by atoms with Gasteiger partial charge in [-0.15, -0.1) is 0 Å². The number of esters is 1. The first kappa shape index (κ1) is 17.6. The highest BCUT2D eigenvalue weighted by atomic mass is 28.4. The average molecular weight is 308 g/mol. The molecule has 0 aromatic heterocycles. The lowest BCUT2D eigenvalue weighted by atomic mass is 10.4. The van der Waals surface area contributed by atoms with Crippen LogP contribution in [0.1, 0.15) is 20.3 Å². The molecule has 0 heterocycles. The number of hydrogen-bond acceptors (Lipinski definition) is 4. The molecule has 0 amide bonds. The molecule has 0 saturated heterocycles. The lowest BCUT2D eigenvalue weighted by Gasteiger charge is -2.30. The van der Waals surface area contributed by atoms with Crippen LogP contribution in [0.3, 0.4) is 0 Å². The van der Waals surface area contributed by atoms with Gasteiger partial charge in [-0.2, -0.15) is 0 Å². The second-order valence-corrected chi connectivity index (χ2v) is 7.62. The zero-order valence-electron chi connectivity index (χ0n) is 12.8. The molecule has 0 atom stereocenters. The Morgan fingerprint density at radius 1 is 1.19 bits per heavy atom. The standard InChI is InChI=1S/C16H24O4Si/c1-4-16(17)18-13-10-14-21(19-5-2,20-6-3)15-11-8-7-9-12-15/h4,7-9,11-12H,1,5-6,10,13-14H2,2-3H3. The van der Waals surface area contributed by atoms with Crippen LogP contribution in [0.5, 0.6) is 0 Å². The van der Waals surface area contributed by atoms with Crippen molar-refractivity contribution in [3.8, 4) is 0 Å². The van der Waals surface area contributed by atoms with Gasteiger partial charge in [0.05, 0.1) is 6.61 Å². The Kier molecular flexibility index (Phi) is 7.96. The number of carbonyl (C=O) groups is 1. The highest BCUT2D eigenvalue weighted by molar-refractivity contribution is 6.81. The summed E-state index contributed by atoms with van der Waals surface area (Å²) in [4.78, 5) is 11.1. The Labute approximate surface area is 128 Å². The van der Waals surface area contributed by atoms with Gasteiger partial charge < -0.3 is 13.6 Å². The summed E-state index contributed by atoms with van der Waals surface area (Å²) >= 11 is 0. The van der Waals surface area contributed by atoms with Crippen LogP contribution in [0, 0.1) is 0 Å². The summed E-state index contributed by atoms with van der Waals surface area (Å²) in [6.45, 7) is 8.89. The predicted octanol–water partition coefficient (Wildman–Crippen LogP) is 2.53. The first-order valence-corrected chi connectivity index (χ1v) is 9.33. The molecule has 0 aliphatic rings. The second kappa shape index (κ2) is 9.49. The molecule has 0 bridgehead atoms. The summed E-state index contributed by atoms with van der Waals surface area (Å²) in [5, 5.41) is 1.11. The van der Waals surface area contributed by atoms with Crippen LogP contribution in [-0.4, -0.2) is 34.4 Å². The van der Waals surface area contributed by atoms with E-state index in [1.807, 2.05) is 44.2 Å². The maximum atomic E-state index is 11.1. The van der Waals surface area contributed by atoms with Crippen LogP contribution in [0.15, 0.2) is 43.0 Å². The van der Waals surface area contributed by atoms with Crippen molar-refractivity contribution in [2.75, 3.05) is 19.8 Å². The topological polar surface area (TPSA) is 44.8 Å². The van der Waals surface area contributed by atoms with Gasteiger partial charge in [0.1, 0.15) is 0 Å². The van der Waals surface area contributed by atoms with Crippen LogP contribution in [0.25, 0.3) is 0 Å². The van der Waals surface area contributed by atoms with Crippen molar-refractivity contribution >= 4 is 19.7 Å². The largest absolute Gasteiger partial charge is 0.463 e. The SMILES string of the molecule is C=CC(=O)OCCC[Si](OCC)(OCC)c1ccccc1. The Morgan fingerprint density at radius 2 is 1.81 bits per heavy atom. The molecule has 0 unspecified atom stereocenters. The second-order valence-electron chi connectivity index (χ2n) is 4.46. The van der Waals surface area contributed by atoms with E-state index in [2.05, 4.69) is 6.58 Å². The number of carbonyl (C=O) groups excluding carboxylic acids is 1. The molecule has 0 saturated carbocycles. The first-order chi connectivity index (χ1) is 10.2. The molecule has 4 nitrogen and oxygen atoms in total. The Morgan fingerprint density at radius 3 is 2.33 bits per heavy atom. The highest BCUT2D eigenvalue weighted by Gasteiger charge is 2.39. The summed E-state index contributed by atoms with van der Waals surface area (Å²) in [5.74, 6) is -0.394. The number of hydrogen-bond donors (Lipinski definition) is 0. The predicted molar refractivity (Wildman–Crippen MR) is 85.7 cm³/mol. The van der Waals surface area contributed by atoms with E-state index >= 15 is 0 Å². The minimum atomic E-state index is -2.47. The van der Waals surface area contributed by atoms with E-state index < -0.39 is 14.5 Å². The van der Waals surface area contributed by atoms with Gasteiger partial charge in [0.25, 0.3) is 0 Å². The van der Waals surface area contributed by atoms with Crippen molar-refractivity contribution in [3.63, 3.8) is 0 Å². The number of ether oxygens (including phenoxy) is 1. The van der Waals surface area contributed by atoms with Gasteiger partial charge in [-0.25, -0.2) is 4.79 Å². The van der Waals surface area contributed by atoms with Crippen LogP contribution in [0.4, 0.5) is 0 Å². The molecule has 0 spiro atoms. The molecule has 0 fully saturated rings. The summed E-state index contributed by atoms with van der Waals surface area (Å²) in [7, 11) is -2.47. The van der Waals surface area contributed by atoms with Gasteiger partial charge >= 0.3 is 14.5 Å². The van der Waals surface area contributed by atoms with Crippen molar-refractivity contribution < 1.29 is 18.4 Å². The lowest BCUT2D eigenvalue weighted by molar-refractivity contribution is -0.137. The van der Waals surface area contributed by atoms with Crippen molar-refractivity contribution in [1.82, 2.24) is 0 Å². The van der Waals surface area contributed by atoms with Crippen molar-refractivity contribution in [3.05, 3.63) is 43.0 Å². The zero-order chi connectivity index (χ0) is 15.6. The molecule has 1 rings (SSSR count). The number of benzene rings is 1. The molecule has 5 heteroatoms. The smallest absolute Gasteiger partial charge is 0.372 e. The summed E-state index contributed by atoms with van der Waals surface area (Å²) < 4.78 is 17.1. The van der Waals surface area contributed by atoms with Gasteiger partial charge in [0.15, 0.2) is 0 Å². The third kappa shape index (κ3) is 5.45. The van der Waals surface area contributed by atoms with E-state index in [-0.39, 0.29) is 0 Å². The van der Waals surface area contributed by atoms with Crippen molar-refractivity contribution in [2.24, 2.45) is 0 Å². The first-order valence-electron chi connectivity index (χ1n) is 7.31. The minimum absolute atomic E-state index is 0.354. The van der Waals surface area contributed by atoms with Gasteiger partial charge in [-0.1, -0.05) is 36.9 Å². The van der Waals surface area contributed by atoms with Crippen LogP contribution in [-0.2, 0) is 18.4 Å². The molecule has 1 aromatic rings. The van der Waals surface area contributed by atoms with E-state index in [1.165, 1.54) is 6.08 Å².